The second-order valence-corrected chi connectivity index (χ2v) is 5.90. The highest BCUT2D eigenvalue weighted by Crippen LogP contribution is 2.11. The number of nitrogens with zero attached hydrogens (tertiary/aromatic N) is 2. The zero-order valence-corrected chi connectivity index (χ0v) is 11.6. The zero-order valence-electron chi connectivity index (χ0n) is 10.8. The van der Waals surface area contributed by atoms with Gasteiger partial charge in [0, 0.05) is 19.1 Å². The van der Waals surface area contributed by atoms with E-state index < -0.39 is 16.0 Å². The SMILES string of the molecule is CC(CC#N)N(CCS(=O)(=O)F)Cc1ccccc1. The molecular weight excluding hydrogens is 267 g/mol. The standard InChI is InChI=1S/C13H17FN2O2S/c1-12(7-8-15)16(9-10-19(14,17)18)11-13-5-3-2-4-6-13/h2-6,12H,7,9-11H2,1H3. The van der Waals surface area contributed by atoms with Crippen molar-refractivity contribution in [2.24, 2.45) is 0 Å². The van der Waals surface area contributed by atoms with Gasteiger partial charge in [0.25, 0.3) is 0 Å². The minimum atomic E-state index is -4.48. The molecule has 19 heavy (non-hydrogen) atoms. The van der Waals surface area contributed by atoms with Crippen LogP contribution in [-0.2, 0) is 16.8 Å². The van der Waals surface area contributed by atoms with Crippen molar-refractivity contribution in [2.75, 3.05) is 12.3 Å². The summed E-state index contributed by atoms with van der Waals surface area (Å²) in [5.74, 6) is -0.546. The summed E-state index contributed by atoms with van der Waals surface area (Å²) in [6.45, 7) is 2.41. The van der Waals surface area contributed by atoms with Crippen molar-refractivity contribution in [1.29, 1.82) is 5.26 Å². The van der Waals surface area contributed by atoms with Gasteiger partial charge < -0.3 is 0 Å². The van der Waals surface area contributed by atoms with Crippen molar-refractivity contribution in [2.45, 2.75) is 25.9 Å². The lowest BCUT2D eigenvalue weighted by atomic mass is 10.1. The Balaban J connectivity index is 2.72. The Kier molecular flexibility index (Phi) is 5.93. The summed E-state index contributed by atoms with van der Waals surface area (Å²) in [5, 5.41) is 8.71. The highest BCUT2D eigenvalue weighted by molar-refractivity contribution is 7.86. The van der Waals surface area contributed by atoms with Gasteiger partial charge in [0.15, 0.2) is 0 Å². The second kappa shape index (κ2) is 7.22. The Bertz CT molecular complexity index is 525. The summed E-state index contributed by atoms with van der Waals surface area (Å²) < 4.78 is 33.8. The molecule has 0 N–H and O–H groups in total. The average molecular weight is 284 g/mol. The molecule has 0 aliphatic carbocycles. The van der Waals surface area contributed by atoms with E-state index in [-0.39, 0.29) is 19.0 Å². The van der Waals surface area contributed by atoms with Crippen LogP contribution in [0.25, 0.3) is 0 Å². The monoisotopic (exact) mass is 284 g/mol. The number of benzene rings is 1. The van der Waals surface area contributed by atoms with E-state index in [1.54, 1.807) is 4.90 Å². The Hall–Kier alpha value is -1.45. The summed E-state index contributed by atoms with van der Waals surface area (Å²) in [5.41, 5.74) is 1.00. The largest absolute Gasteiger partial charge is 0.303 e. The average Bonchev–Trinajstić information content (AvgIpc) is 2.35. The smallest absolute Gasteiger partial charge is 0.294 e. The first kappa shape index (κ1) is 15.6. The summed E-state index contributed by atoms with van der Waals surface area (Å²) in [6, 6.07) is 11.4. The molecule has 0 saturated carbocycles. The fourth-order valence-corrected chi connectivity index (χ4v) is 2.21. The molecular formula is C13H17FN2O2S. The second-order valence-electron chi connectivity index (χ2n) is 4.41. The quantitative estimate of drug-likeness (QED) is 0.719. The van der Waals surface area contributed by atoms with Crippen molar-refractivity contribution < 1.29 is 12.3 Å². The van der Waals surface area contributed by atoms with E-state index >= 15 is 0 Å². The van der Waals surface area contributed by atoms with Crippen molar-refractivity contribution in [3.05, 3.63) is 35.9 Å². The predicted molar refractivity (Wildman–Crippen MR) is 71.4 cm³/mol. The first-order valence-corrected chi connectivity index (χ1v) is 7.55. The molecule has 1 unspecified atom stereocenters. The number of hydrogen-bond acceptors (Lipinski definition) is 4. The Morgan fingerprint density at radius 3 is 2.53 bits per heavy atom. The molecule has 1 aromatic carbocycles. The maximum absolute atomic E-state index is 12.6. The van der Waals surface area contributed by atoms with Crippen LogP contribution in [-0.4, -0.2) is 31.7 Å². The molecule has 0 bridgehead atoms. The van der Waals surface area contributed by atoms with Gasteiger partial charge in [0.05, 0.1) is 18.2 Å². The van der Waals surface area contributed by atoms with Crippen LogP contribution in [0.3, 0.4) is 0 Å². The van der Waals surface area contributed by atoms with Crippen LogP contribution in [0.15, 0.2) is 30.3 Å². The molecule has 6 heteroatoms. The summed E-state index contributed by atoms with van der Waals surface area (Å²) in [7, 11) is -4.48. The van der Waals surface area contributed by atoms with E-state index in [0.29, 0.717) is 6.54 Å². The summed E-state index contributed by atoms with van der Waals surface area (Å²) in [6.07, 6.45) is 0.277. The van der Waals surface area contributed by atoms with Crippen molar-refractivity contribution >= 4 is 10.2 Å². The topological polar surface area (TPSA) is 61.2 Å². The van der Waals surface area contributed by atoms with E-state index in [4.69, 9.17) is 5.26 Å². The van der Waals surface area contributed by atoms with Crippen LogP contribution < -0.4 is 0 Å². The maximum atomic E-state index is 12.6. The predicted octanol–water partition coefficient (Wildman–Crippen LogP) is 2.09. The third kappa shape index (κ3) is 6.32. The third-order valence-electron chi connectivity index (χ3n) is 2.86. The summed E-state index contributed by atoms with van der Waals surface area (Å²) in [4.78, 5) is 1.80. The van der Waals surface area contributed by atoms with E-state index in [9.17, 15) is 12.3 Å². The van der Waals surface area contributed by atoms with Gasteiger partial charge in [0.1, 0.15) is 0 Å². The highest BCUT2D eigenvalue weighted by atomic mass is 32.3. The molecule has 1 aromatic rings. The number of rotatable bonds is 7. The third-order valence-corrected chi connectivity index (χ3v) is 3.53. The molecule has 0 radical (unpaired) electrons. The zero-order chi connectivity index (χ0) is 14.3. The number of halogens is 1. The van der Waals surface area contributed by atoms with Crippen LogP contribution >= 0.6 is 0 Å². The molecule has 0 amide bonds. The maximum Gasteiger partial charge on any atom is 0.303 e. The summed E-state index contributed by atoms with van der Waals surface area (Å²) >= 11 is 0. The Labute approximate surface area is 113 Å². The van der Waals surface area contributed by atoms with Crippen LogP contribution in [0.2, 0.25) is 0 Å². The lowest BCUT2D eigenvalue weighted by Crippen LogP contribution is -2.35. The van der Waals surface area contributed by atoms with E-state index in [0.717, 1.165) is 5.56 Å². The van der Waals surface area contributed by atoms with Gasteiger partial charge >= 0.3 is 10.2 Å². The Morgan fingerprint density at radius 2 is 2.00 bits per heavy atom. The van der Waals surface area contributed by atoms with Crippen LogP contribution in [0, 0.1) is 11.3 Å². The fourth-order valence-electron chi connectivity index (χ4n) is 1.76. The van der Waals surface area contributed by atoms with E-state index in [1.165, 1.54) is 0 Å². The van der Waals surface area contributed by atoms with Crippen molar-refractivity contribution in [3.63, 3.8) is 0 Å². The molecule has 1 atom stereocenters. The van der Waals surface area contributed by atoms with Crippen molar-refractivity contribution in [3.8, 4) is 6.07 Å². The van der Waals surface area contributed by atoms with E-state index in [1.807, 2.05) is 43.3 Å². The number of hydrogen-bond donors (Lipinski definition) is 0. The van der Waals surface area contributed by atoms with Crippen LogP contribution in [0.1, 0.15) is 18.9 Å². The molecule has 0 spiro atoms. The van der Waals surface area contributed by atoms with Crippen molar-refractivity contribution in [1.82, 2.24) is 4.90 Å². The van der Waals surface area contributed by atoms with Gasteiger partial charge in [-0.25, -0.2) is 0 Å². The minimum Gasteiger partial charge on any atom is -0.294 e. The van der Waals surface area contributed by atoms with Gasteiger partial charge in [0.2, 0.25) is 0 Å². The molecule has 104 valence electrons. The minimum absolute atomic E-state index is 0.0799. The molecule has 0 heterocycles. The van der Waals surface area contributed by atoms with E-state index in [2.05, 4.69) is 0 Å². The van der Waals surface area contributed by atoms with Gasteiger partial charge in [-0.15, -0.1) is 3.89 Å². The lowest BCUT2D eigenvalue weighted by molar-refractivity contribution is 0.214. The van der Waals surface area contributed by atoms with Gasteiger partial charge in [-0.2, -0.15) is 13.7 Å². The van der Waals surface area contributed by atoms with Gasteiger partial charge in [-0.3, -0.25) is 4.90 Å². The fraction of sp³-hybridized carbons (Fsp3) is 0.462. The number of nitriles is 1. The van der Waals surface area contributed by atoms with Crippen LogP contribution in [0.5, 0.6) is 0 Å². The lowest BCUT2D eigenvalue weighted by Gasteiger charge is -2.27. The normalized spacial score (nSPS) is 13.2. The highest BCUT2D eigenvalue weighted by Gasteiger charge is 2.17. The molecule has 0 saturated heterocycles. The molecule has 0 aromatic heterocycles. The molecule has 0 fully saturated rings. The first-order valence-electron chi connectivity index (χ1n) is 5.99. The Morgan fingerprint density at radius 1 is 1.37 bits per heavy atom. The first-order chi connectivity index (χ1) is 8.92. The molecule has 4 nitrogen and oxygen atoms in total. The van der Waals surface area contributed by atoms with Crippen LogP contribution in [0.4, 0.5) is 3.89 Å². The molecule has 0 aliphatic heterocycles. The molecule has 0 aliphatic rings. The van der Waals surface area contributed by atoms with Gasteiger partial charge in [-0.05, 0) is 12.5 Å². The molecule has 1 rings (SSSR count). The van der Waals surface area contributed by atoms with Gasteiger partial charge in [-0.1, -0.05) is 30.3 Å².